The number of nitrogens with one attached hydrogen (secondary N) is 1. The van der Waals surface area contributed by atoms with Crippen molar-refractivity contribution in [3.63, 3.8) is 0 Å². The number of halogens is 2. The highest BCUT2D eigenvalue weighted by Crippen LogP contribution is 2.26. The number of nitrogens with zero attached hydrogens (tertiary/aromatic N) is 1. The first-order valence-electron chi connectivity index (χ1n) is 5.73. The number of anilines is 2. The lowest BCUT2D eigenvalue weighted by Crippen LogP contribution is -2.16. The molecule has 100 valence electrons. The number of aromatic nitrogens is 1. The van der Waals surface area contributed by atoms with Crippen molar-refractivity contribution in [2.75, 3.05) is 11.1 Å². The SMILES string of the molecule is CCn1cc(N)cc1C(=O)Nc1ccc(Br)cc1Br. The van der Waals surface area contributed by atoms with E-state index in [-0.39, 0.29) is 5.91 Å². The van der Waals surface area contributed by atoms with Gasteiger partial charge in [-0.05, 0) is 47.1 Å². The van der Waals surface area contributed by atoms with Crippen LogP contribution >= 0.6 is 31.9 Å². The third-order valence-electron chi connectivity index (χ3n) is 2.67. The number of carbonyl (C=O) groups excluding carboxylic acids is 1. The van der Waals surface area contributed by atoms with E-state index in [1.807, 2.05) is 29.7 Å². The molecule has 0 unspecified atom stereocenters. The summed E-state index contributed by atoms with van der Waals surface area (Å²) >= 11 is 6.78. The van der Waals surface area contributed by atoms with Crippen molar-refractivity contribution in [1.29, 1.82) is 0 Å². The first-order chi connectivity index (χ1) is 9.01. The van der Waals surface area contributed by atoms with Gasteiger partial charge in [-0.25, -0.2) is 0 Å². The van der Waals surface area contributed by atoms with Gasteiger partial charge in [-0.15, -0.1) is 0 Å². The number of aryl methyl sites for hydroxylation is 1. The van der Waals surface area contributed by atoms with Crippen molar-refractivity contribution in [3.8, 4) is 0 Å². The van der Waals surface area contributed by atoms with Crippen LogP contribution in [0.1, 0.15) is 17.4 Å². The minimum Gasteiger partial charge on any atom is -0.397 e. The number of nitrogen functional groups attached to an aromatic ring is 1. The lowest BCUT2D eigenvalue weighted by atomic mass is 10.3. The molecule has 0 aliphatic rings. The molecule has 0 bridgehead atoms. The van der Waals surface area contributed by atoms with E-state index < -0.39 is 0 Å². The number of hydrogen-bond donors (Lipinski definition) is 2. The monoisotopic (exact) mass is 385 g/mol. The molecule has 0 saturated carbocycles. The third kappa shape index (κ3) is 3.19. The van der Waals surface area contributed by atoms with E-state index in [1.54, 1.807) is 12.3 Å². The van der Waals surface area contributed by atoms with E-state index in [2.05, 4.69) is 37.2 Å². The molecule has 1 amide bonds. The average Bonchev–Trinajstić information content (AvgIpc) is 2.74. The summed E-state index contributed by atoms with van der Waals surface area (Å²) in [5, 5.41) is 2.86. The molecule has 0 spiro atoms. The van der Waals surface area contributed by atoms with Crippen LogP contribution in [0, 0.1) is 0 Å². The van der Waals surface area contributed by atoms with E-state index in [9.17, 15) is 4.79 Å². The van der Waals surface area contributed by atoms with Gasteiger partial charge in [0.25, 0.3) is 5.91 Å². The highest BCUT2D eigenvalue weighted by Gasteiger charge is 2.13. The van der Waals surface area contributed by atoms with Gasteiger partial charge in [-0.1, -0.05) is 15.9 Å². The molecule has 3 N–H and O–H groups in total. The summed E-state index contributed by atoms with van der Waals surface area (Å²) in [7, 11) is 0. The van der Waals surface area contributed by atoms with Crippen LogP contribution in [0.2, 0.25) is 0 Å². The highest BCUT2D eigenvalue weighted by atomic mass is 79.9. The Balaban J connectivity index is 2.25. The number of nitrogens with two attached hydrogens (primary N) is 1. The van der Waals surface area contributed by atoms with Gasteiger partial charge in [0.15, 0.2) is 0 Å². The maximum Gasteiger partial charge on any atom is 0.272 e. The van der Waals surface area contributed by atoms with Crippen LogP contribution in [0.15, 0.2) is 39.4 Å². The largest absolute Gasteiger partial charge is 0.397 e. The van der Waals surface area contributed by atoms with Gasteiger partial charge in [0.1, 0.15) is 5.69 Å². The minimum atomic E-state index is -0.179. The summed E-state index contributed by atoms with van der Waals surface area (Å²) in [6.45, 7) is 2.66. The first kappa shape index (κ1) is 14.1. The highest BCUT2D eigenvalue weighted by molar-refractivity contribution is 9.11. The smallest absolute Gasteiger partial charge is 0.272 e. The fourth-order valence-corrected chi connectivity index (χ4v) is 2.91. The van der Waals surface area contributed by atoms with E-state index in [0.29, 0.717) is 17.9 Å². The zero-order valence-corrected chi connectivity index (χ0v) is 13.5. The Morgan fingerprint density at radius 1 is 1.37 bits per heavy atom. The Morgan fingerprint density at radius 3 is 2.74 bits per heavy atom. The van der Waals surface area contributed by atoms with E-state index in [1.165, 1.54) is 0 Å². The summed E-state index contributed by atoms with van der Waals surface area (Å²) in [6.07, 6.45) is 1.76. The van der Waals surface area contributed by atoms with Crippen LogP contribution in [-0.4, -0.2) is 10.5 Å². The van der Waals surface area contributed by atoms with Crippen LogP contribution in [0.3, 0.4) is 0 Å². The molecule has 0 fully saturated rings. The maximum atomic E-state index is 12.2. The molecule has 0 aliphatic carbocycles. The van der Waals surface area contributed by atoms with Gasteiger partial charge in [-0.3, -0.25) is 4.79 Å². The van der Waals surface area contributed by atoms with Crippen molar-refractivity contribution in [2.24, 2.45) is 0 Å². The van der Waals surface area contributed by atoms with Crippen molar-refractivity contribution < 1.29 is 4.79 Å². The Kier molecular flexibility index (Phi) is 4.31. The molecule has 6 heteroatoms. The predicted molar refractivity (Wildman–Crippen MR) is 84.3 cm³/mol. The quantitative estimate of drug-likeness (QED) is 0.841. The molecule has 4 nitrogen and oxygen atoms in total. The van der Waals surface area contributed by atoms with Gasteiger partial charge >= 0.3 is 0 Å². The summed E-state index contributed by atoms with van der Waals surface area (Å²) in [6, 6.07) is 7.25. The van der Waals surface area contributed by atoms with Crippen LogP contribution in [0.4, 0.5) is 11.4 Å². The van der Waals surface area contributed by atoms with E-state index in [0.717, 1.165) is 14.6 Å². The molecule has 0 saturated heterocycles. The average molecular weight is 387 g/mol. The molecule has 0 radical (unpaired) electrons. The van der Waals surface area contributed by atoms with Gasteiger partial charge in [0, 0.05) is 21.7 Å². The van der Waals surface area contributed by atoms with Gasteiger partial charge in [0.2, 0.25) is 0 Å². The number of benzene rings is 1. The summed E-state index contributed by atoms with van der Waals surface area (Å²) in [4.78, 5) is 12.2. The maximum absolute atomic E-state index is 12.2. The Morgan fingerprint density at radius 2 is 2.11 bits per heavy atom. The molecule has 1 aromatic heterocycles. The van der Waals surface area contributed by atoms with Gasteiger partial charge in [0.05, 0.1) is 11.4 Å². The molecule has 1 aromatic carbocycles. The second-order valence-electron chi connectivity index (χ2n) is 4.02. The van der Waals surface area contributed by atoms with Crippen molar-refractivity contribution in [1.82, 2.24) is 4.57 Å². The van der Waals surface area contributed by atoms with Crippen molar-refractivity contribution in [3.05, 3.63) is 45.1 Å². The summed E-state index contributed by atoms with van der Waals surface area (Å²) in [5.41, 5.74) is 7.57. The van der Waals surface area contributed by atoms with Crippen LogP contribution in [0.5, 0.6) is 0 Å². The van der Waals surface area contributed by atoms with E-state index in [4.69, 9.17) is 5.73 Å². The minimum absolute atomic E-state index is 0.179. The molecule has 2 rings (SSSR count). The fourth-order valence-electron chi connectivity index (χ4n) is 1.76. The molecule has 0 atom stereocenters. The Bertz CT molecular complexity index is 622. The molecular formula is C13H13Br2N3O. The summed E-state index contributed by atoms with van der Waals surface area (Å²) in [5.74, 6) is -0.179. The zero-order chi connectivity index (χ0) is 14.0. The van der Waals surface area contributed by atoms with Crippen molar-refractivity contribution in [2.45, 2.75) is 13.5 Å². The van der Waals surface area contributed by atoms with Crippen LogP contribution in [0.25, 0.3) is 0 Å². The number of rotatable bonds is 3. The molecular weight excluding hydrogens is 374 g/mol. The number of amides is 1. The molecule has 0 aliphatic heterocycles. The normalized spacial score (nSPS) is 10.5. The van der Waals surface area contributed by atoms with Crippen molar-refractivity contribution >= 4 is 49.1 Å². The van der Waals surface area contributed by atoms with Crippen LogP contribution in [-0.2, 0) is 6.54 Å². The lowest BCUT2D eigenvalue weighted by Gasteiger charge is -2.09. The third-order valence-corrected chi connectivity index (χ3v) is 3.82. The second-order valence-corrected chi connectivity index (χ2v) is 5.79. The topological polar surface area (TPSA) is 60.0 Å². The van der Waals surface area contributed by atoms with E-state index >= 15 is 0 Å². The standard InChI is InChI=1S/C13H13Br2N3O/c1-2-18-7-9(16)6-12(18)13(19)17-11-4-3-8(14)5-10(11)15/h3-7H,2,16H2,1H3,(H,17,19). The fraction of sp³-hybridized carbons (Fsp3) is 0.154. The first-order valence-corrected chi connectivity index (χ1v) is 7.32. The predicted octanol–water partition coefficient (Wildman–Crippen LogP) is 3.87. The number of hydrogen-bond acceptors (Lipinski definition) is 2. The Hall–Kier alpha value is -1.27. The van der Waals surface area contributed by atoms with Gasteiger partial charge in [-0.2, -0.15) is 0 Å². The Labute approximate surface area is 128 Å². The lowest BCUT2D eigenvalue weighted by molar-refractivity contribution is 0.101. The van der Waals surface area contributed by atoms with Crippen LogP contribution < -0.4 is 11.1 Å². The van der Waals surface area contributed by atoms with Gasteiger partial charge < -0.3 is 15.6 Å². The molecule has 1 heterocycles. The summed E-state index contributed by atoms with van der Waals surface area (Å²) < 4.78 is 3.58. The molecule has 19 heavy (non-hydrogen) atoms. The zero-order valence-electron chi connectivity index (χ0n) is 10.3. The second kappa shape index (κ2) is 5.79. The molecule has 2 aromatic rings. The number of carbonyl (C=O) groups is 1.